The Labute approximate surface area is 260 Å². The Balaban J connectivity index is 1.15. The molecule has 0 aliphatic carbocycles. The lowest BCUT2D eigenvalue weighted by Gasteiger charge is -2.39. The maximum Gasteiger partial charge on any atom is 0.341 e. The van der Waals surface area contributed by atoms with E-state index in [4.69, 9.17) is 25.2 Å². The Hall–Kier alpha value is -5.54. The van der Waals surface area contributed by atoms with Crippen molar-refractivity contribution in [2.45, 2.75) is 12.5 Å². The number of hydrogen-bond acceptors (Lipinski definition) is 8. The lowest BCUT2D eigenvalue weighted by molar-refractivity contribution is 0.0597. The molecule has 2 N–H and O–H groups in total. The highest BCUT2D eigenvalue weighted by Crippen LogP contribution is 2.34. The van der Waals surface area contributed by atoms with E-state index >= 15 is 0 Å². The molecule has 9 heteroatoms. The first-order chi connectivity index (χ1) is 22.0. The van der Waals surface area contributed by atoms with Gasteiger partial charge in [-0.1, -0.05) is 48.5 Å². The molecule has 45 heavy (non-hydrogen) atoms. The Kier molecular flexibility index (Phi) is 7.44. The van der Waals surface area contributed by atoms with E-state index < -0.39 is 5.97 Å². The second kappa shape index (κ2) is 11.9. The van der Waals surface area contributed by atoms with Crippen LogP contribution in [0, 0.1) is 0 Å². The molecule has 0 spiro atoms. The Morgan fingerprint density at radius 2 is 1.71 bits per heavy atom. The van der Waals surface area contributed by atoms with Gasteiger partial charge in [-0.2, -0.15) is 0 Å². The molecule has 1 saturated heterocycles. The van der Waals surface area contributed by atoms with Gasteiger partial charge in [0.1, 0.15) is 22.6 Å². The Morgan fingerprint density at radius 3 is 2.44 bits per heavy atom. The standard InChI is InChI=1S/C36H32N6O3/c1-44-32-19-23(10-15-28(32)36(43)45-2)20-41-21-26(22-41)24-11-13-27(14-12-24)42-34(29-9-6-18-38-33(29)37)40-31-17-16-30(39-35(31)42)25-7-4-3-5-8-25/h3-19,26H,20-22H2,1-2H3,(H2,37,38). The number of pyridine rings is 2. The lowest BCUT2D eigenvalue weighted by Crippen LogP contribution is -2.44. The topological polar surface area (TPSA) is 108 Å². The van der Waals surface area contributed by atoms with E-state index in [1.165, 1.54) is 12.7 Å². The molecule has 4 heterocycles. The summed E-state index contributed by atoms with van der Waals surface area (Å²) in [5, 5.41) is 0. The zero-order chi connectivity index (χ0) is 30.9. The van der Waals surface area contributed by atoms with Crippen LogP contribution in [0.3, 0.4) is 0 Å². The Bertz CT molecular complexity index is 2000. The van der Waals surface area contributed by atoms with Crippen molar-refractivity contribution in [2.24, 2.45) is 0 Å². The summed E-state index contributed by atoms with van der Waals surface area (Å²) in [5.74, 6) is 1.66. The van der Waals surface area contributed by atoms with Gasteiger partial charge in [-0.05, 0) is 59.7 Å². The SMILES string of the molecule is COC(=O)c1ccc(CN2CC(c3ccc(-n4c(-c5cccnc5N)nc5ccc(-c6ccccc6)nc54)cc3)C2)cc1OC. The summed E-state index contributed by atoms with van der Waals surface area (Å²) in [6.45, 7) is 2.65. The highest BCUT2D eigenvalue weighted by molar-refractivity contribution is 5.92. The molecule has 1 aliphatic heterocycles. The number of hydrogen-bond donors (Lipinski definition) is 1. The number of rotatable bonds is 8. The van der Waals surface area contributed by atoms with Gasteiger partial charge in [0.05, 0.1) is 25.5 Å². The number of anilines is 1. The van der Waals surface area contributed by atoms with E-state index in [1.54, 1.807) is 19.4 Å². The van der Waals surface area contributed by atoms with Gasteiger partial charge >= 0.3 is 5.97 Å². The molecule has 0 amide bonds. The van der Waals surface area contributed by atoms with Gasteiger partial charge in [-0.25, -0.2) is 19.7 Å². The average molecular weight is 597 g/mol. The third kappa shape index (κ3) is 5.38. The van der Waals surface area contributed by atoms with Crippen molar-refractivity contribution in [3.8, 4) is 34.1 Å². The number of nitrogen functional groups attached to an aromatic ring is 1. The van der Waals surface area contributed by atoms with Crippen molar-refractivity contribution in [1.29, 1.82) is 0 Å². The highest BCUT2D eigenvalue weighted by Gasteiger charge is 2.28. The van der Waals surface area contributed by atoms with Crippen LogP contribution in [0.4, 0.5) is 5.82 Å². The number of benzene rings is 3. The molecule has 7 rings (SSSR count). The maximum absolute atomic E-state index is 12.0. The minimum atomic E-state index is -0.405. The molecule has 0 radical (unpaired) electrons. The van der Waals surface area contributed by atoms with Crippen LogP contribution >= 0.6 is 0 Å². The number of likely N-dealkylation sites (tertiary alicyclic amines) is 1. The summed E-state index contributed by atoms with van der Waals surface area (Å²) >= 11 is 0. The van der Waals surface area contributed by atoms with Crippen molar-refractivity contribution >= 4 is 23.0 Å². The minimum absolute atomic E-state index is 0.405. The molecule has 6 aromatic rings. The minimum Gasteiger partial charge on any atom is -0.496 e. The van der Waals surface area contributed by atoms with Crippen LogP contribution in [0.15, 0.2) is 103 Å². The van der Waals surface area contributed by atoms with Crippen LogP contribution in [0.25, 0.3) is 39.5 Å². The number of nitrogens with two attached hydrogens (primary N) is 1. The molecule has 3 aromatic heterocycles. The first-order valence-electron chi connectivity index (χ1n) is 14.8. The number of nitrogens with zero attached hydrogens (tertiary/aromatic N) is 5. The van der Waals surface area contributed by atoms with Crippen molar-refractivity contribution in [1.82, 2.24) is 24.4 Å². The summed E-state index contributed by atoms with van der Waals surface area (Å²) in [4.78, 5) is 28.7. The van der Waals surface area contributed by atoms with Crippen molar-refractivity contribution in [2.75, 3.05) is 33.0 Å². The number of esters is 1. The van der Waals surface area contributed by atoms with Crippen molar-refractivity contribution in [3.05, 3.63) is 120 Å². The van der Waals surface area contributed by atoms with E-state index in [0.29, 0.717) is 28.9 Å². The van der Waals surface area contributed by atoms with E-state index in [0.717, 1.165) is 58.9 Å². The number of ether oxygens (including phenoxy) is 2. The zero-order valence-electron chi connectivity index (χ0n) is 25.1. The van der Waals surface area contributed by atoms with Gasteiger partial charge in [0.25, 0.3) is 0 Å². The predicted octanol–water partition coefficient (Wildman–Crippen LogP) is 6.13. The van der Waals surface area contributed by atoms with E-state index in [-0.39, 0.29) is 0 Å². The molecule has 0 atom stereocenters. The molecule has 0 bridgehead atoms. The monoisotopic (exact) mass is 596 g/mol. The van der Waals surface area contributed by atoms with E-state index in [1.807, 2.05) is 54.6 Å². The first kappa shape index (κ1) is 28.2. The van der Waals surface area contributed by atoms with Crippen LogP contribution in [0.5, 0.6) is 5.75 Å². The fourth-order valence-electron chi connectivity index (χ4n) is 5.93. The van der Waals surface area contributed by atoms with Gasteiger partial charge < -0.3 is 15.2 Å². The van der Waals surface area contributed by atoms with Gasteiger partial charge in [0, 0.05) is 43.0 Å². The summed E-state index contributed by atoms with van der Waals surface area (Å²) in [7, 11) is 2.93. The molecule has 0 unspecified atom stereocenters. The molecule has 1 fully saturated rings. The van der Waals surface area contributed by atoms with Crippen LogP contribution in [-0.4, -0.2) is 57.7 Å². The quantitative estimate of drug-likeness (QED) is 0.209. The number of aromatic nitrogens is 4. The molecular weight excluding hydrogens is 564 g/mol. The third-order valence-electron chi connectivity index (χ3n) is 8.31. The van der Waals surface area contributed by atoms with Gasteiger partial charge in [-0.15, -0.1) is 0 Å². The summed E-state index contributed by atoms with van der Waals surface area (Å²) in [5.41, 5.74) is 14.3. The molecular formula is C36H32N6O3. The lowest BCUT2D eigenvalue weighted by atomic mass is 9.91. The summed E-state index contributed by atoms with van der Waals surface area (Å²) < 4.78 is 12.4. The molecule has 224 valence electrons. The smallest absolute Gasteiger partial charge is 0.341 e. The normalized spacial score (nSPS) is 13.5. The molecule has 3 aromatic carbocycles. The number of methoxy groups -OCH3 is 2. The van der Waals surface area contributed by atoms with Crippen LogP contribution in [0.1, 0.15) is 27.4 Å². The van der Waals surface area contributed by atoms with E-state index in [9.17, 15) is 4.79 Å². The first-order valence-corrected chi connectivity index (χ1v) is 14.8. The number of fused-ring (bicyclic) bond motifs is 1. The third-order valence-corrected chi connectivity index (χ3v) is 8.31. The Morgan fingerprint density at radius 1 is 0.911 bits per heavy atom. The molecule has 0 saturated carbocycles. The number of imidazole rings is 1. The van der Waals surface area contributed by atoms with Crippen LogP contribution < -0.4 is 10.5 Å². The largest absolute Gasteiger partial charge is 0.496 e. The van der Waals surface area contributed by atoms with Gasteiger partial charge in [-0.3, -0.25) is 9.47 Å². The summed E-state index contributed by atoms with van der Waals surface area (Å²) in [6, 6.07) is 32.2. The zero-order valence-corrected chi connectivity index (χ0v) is 25.1. The predicted molar refractivity (Wildman–Crippen MR) is 174 cm³/mol. The molecule has 9 nitrogen and oxygen atoms in total. The highest BCUT2D eigenvalue weighted by atomic mass is 16.5. The average Bonchev–Trinajstić information content (AvgIpc) is 3.45. The fraction of sp³-hybridized carbons (Fsp3) is 0.167. The van der Waals surface area contributed by atoms with Crippen molar-refractivity contribution in [3.63, 3.8) is 0 Å². The number of carbonyl (C=O) groups excluding carboxylic acids is 1. The van der Waals surface area contributed by atoms with E-state index in [2.05, 4.69) is 50.8 Å². The van der Waals surface area contributed by atoms with Crippen LogP contribution in [0.2, 0.25) is 0 Å². The molecule has 1 aliphatic rings. The maximum atomic E-state index is 12.0. The van der Waals surface area contributed by atoms with Crippen LogP contribution in [-0.2, 0) is 11.3 Å². The van der Waals surface area contributed by atoms with Gasteiger partial charge in [0.2, 0.25) is 0 Å². The summed E-state index contributed by atoms with van der Waals surface area (Å²) in [6.07, 6.45) is 1.68. The fourth-order valence-corrected chi connectivity index (χ4v) is 5.93. The number of carbonyl (C=O) groups is 1. The van der Waals surface area contributed by atoms with Gasteiger partial charge in [0.15, 0.2) is 11.5 Å². The second-order valence-corrected chi connectivity index (χ2v) is 11.1. The second-order valence-electron chi connectivity index (χ2n) is 11.1. The van der Waals surface area contributed by atoms with Crippen molar-refractivity contribution < 1.29 is 14.3 Å².